The number of benzene rings is 3. The zero-order valence-corrected chi connectivity index (χ0v) is 14.1. The lowest BCUT2D eigenvalue weighted by molar-refractivity contribution is -0.558. The molecular weight excluding hydrogens is 320 g/mol. The third-order valence-corrected chi connectivity index (χ3v) is 4.54. The van der Waals surface area contributed by atoms with Crippen LogP contribution in [-0.2, 0) is 0 Å². The molecule has 124 valence electrons. The molecule has 5 rings (SSSR count). The lowest BCUT2D eigenvalue weighted by atomic mass is 10.1. The van der Waals surface area contributed by atoms with E-state index in [1.54, 1.807) is 0 Å². The van der Waals surface area contributed by atoms with Gasteiger partial charge in [-0.3, -0.25) is 0 Å². The SMILES string of the molecule is C1=Cc2ccccc2/C1=C1\N=[N+](c2ccccc2)NN1c1ccccc1. The Kier molecular flexibility index (Phi) is 3.39. The molecule has 1 N–H and O–H groups in total. The highest BCUT2D eigenvalue weighted by Gasteiger charge is 2.33. The summed E-state index contributed by atoms with van der Waals surface area (Å²) in [5.41, 5.74) is 8.94. The van der Waals surface area contributed by atoms with Crippen molar-refractivity contribution in [1.29, 1.82) is 0 Å². The van der Waals surface area contributed by atoms with Gasteiger partial charge in [-0.05, 0) is 29.3 Å². The van der Waals surface area contributed by atoms with E-state index in [0.717, 1.165) is 22.8 Å². The topological polar surface area (TPSA) is 30.6 Å². The van der Waals surface area contributed by atoms with Gasteiger partial charge in [0.15, 0.2) is 0 Å². The third kappa shape index (κ3) is 2.40. The normalized spacial score (nSPS) is 17.8. The Hall–Kier alpha value is -3.66. The van der Waals surface area contributed by atoms with E-state index in [4.69, 9.17) is 5.11 Å². The van der Waals surface area contributed by atoms with E-state index < -0.39 is 0 Å². The molecule has 0 unspecified atom stereocenters. The van der Waals surface area contributed by atoms with Gasteiger partial charge in [0, 0.05) is 17.7 Å². The summed E-state index contributed by atoms with van der Waals surface area (Å²) >= 11 is 0. The highest BCUT2D eigenvalue weighted by atomic mass is 15.8. The smallest absolute Gasteiger partial charge is 0.181 e. The fourth-order valence-corrected chi connectivity index (χ4v) is 3.27. The van der Waals surface area contributed by atoms with Crippen LogP contribution in [0.3, 0.4) is 0 Å². The first-order valence-corrected chi connectivity index (χ1v) is 8.60. The maximum atomic E-state index is 4.87. The summed E-state index contributed by atoms with van der Waals surface area (Å²) in [6.45, 7) is 0. The van der Waals surface area contributed by atoms with E-state index in [1.165, 1.54) is 11.1 Å². The summed E-state index contributed by atoms with van der Waals surface area (Å²) in [6.07, 6.45) is 4.27. The van der Waals surface area contributed by atoms with Crippen LogP contribution < -0.4 is 10.5 Å². The molecule has 26 heavy (non-hydrogen) atoms. The zero-order chi connectivity index (χ0) is 17.3. The number of azo groups is 1. The van der Waals surface area contributed by atoms with Crippen LogP contribution in [0.4, 0.5) is 11.4 Å². The molecule has 0 saturated carbocycles. The second-order valence-corrected chi connectivity index (χ2v) is 6.18. The van der Waals surface area contributed by atoms with Gasteiger partial charge in [-0.15, -0.1) is 0 Å². The van der Waals surface area contributed by atoms with Gasteiger partial charge in [-0.1, -0.05) is 72.3 Å². The maximum Gasteiger partial charge on any atom is 0.267 e. The van der Waals surface area contributed by atoms with Gasteiger partial charge in [0.05, 0.1) is 15.6 Å². The number of fused-ring (bicyclic) bond motifs is 1. The van der Waals surface area contributed by atoms with Crippen LogP contribution in [0, 0.1) is 0 Å². The molecule has 0 atom stereocenters. The molecule has 3 aromatic rings. The molecule has 0 amide bonds. The number of nitrogens with one attached hydrogen (secondary N) is 1. The number of allylic oxidation sites excluding steroid dienone is 2. The molecule has 0 aromatic heterocycles. The minimum absolute atomic E-state index is 0.876. The van der Waals surface area contributed by atoms with Crippen molar-refractivity contribution in [1.82, 2.24) is 5.53 Å². The van der Waals surface area contributed by atoms with Crippen molar-refractivity contribution in [2.24, 2.45) is 5.11 Å². The van der Waals surface area contributed by atoms with Gasteiger partial charge in [0.2, 0.25) is 5.82 Å². The Labute approximate surface area is 152 Å². The number of rotatable bonds is 2. The fourth-order valence-electron chi connectivity index (χ4n) is 3.27. The molecule has 4 heteroatoms. The molecule has 0 spiro atoms. The average Bonchev–Trinajstić information content (AvgIpc) is 3.34. The Balaban J connectivity index is 1.68. The number of anilines is 1. The summed E-state index contributed by atoms with van der Waals surface area (Å²) in [6, 6.07) is 28.7. The molecule has 1 heterocycles. The quantitative estimate of drug-likeness (QED) is 0.658. The Morgan fingerprint density at radius 1 is 0.731 bits per heavy atom. The average molecular weight is 337 g/mol. The molecule has 3 aromatic carbocycles. The van der Waals surface area contributed by atoms with Crippen LogP contribution in [0.5, 0.6) is 0 Å². The van der Waals surface area contributed by atoms with Crippen molar-refractivity contribution in [2.75, 3.05) is 5.01 Å². The predicted octanol–water partition coefficient (Wildman–Crippen LogP) is 5.12. The fraction of sp³-hybridized carbons (Fsp3) is 0. The van der Waals surface area contributed by atoms with Crippen molar-refractivity contribution < 1.29 is 4.81 Å². The predicted molar refractivity (Wildman–Crippen MR) is 103 cm³/mol. The molecule has 4 nitrogen and oxygen atoms in total. The molecule has 0 saturated heterocycles. The second-order valence-electron chi connectivity index (χ2n) is 6.18. The van der Waals surface area contributed by atoms with Crippen molar-refractivity contribution in [3.63, 3.8) is 0 Å². The van der Waals surface area contributed by atoms with Crippen LogP contribution in [-0.4, -0.2) is 4.81 Å². The largest absolute Gasteiger partial charge is 0.267 e. The van der Waals surface area contributed by atoms with E-state index >= 15 is 0 Å². The van der Waals surface area contributed by atoms with E-state index in [0.29, 0.717) is 0 Å². The summed E-state index contributed by atoms with van der Waals surface area (Å²) in [4.78, 5) is 1.81. The zero-order valence-electron chi connectivity index (χ0n) is 14.1. The number of para-hydroxylation sites is 2. The Morgan fingerprint density at radius 3 is 2.23 bits per heavy atom. The van der Waals surface area contributed by atoms with Gasteiger partial charge < -0.3 is 0 Å². The van der Waals surface area contributed by atoms with Crippen LogP contribution in [0.1, 0.15) is 11.1 Å². The molecule has 0 bridgehead atoms. The molecule has 0 radical (unpaired) electrons. The minimum atomic E-state index is 0.876. The van der Waals surface area contributed by atoms with Crippen LogP contribution in [0.15, 0.2) is 102 Å². The molecule has 1 aliphatic heterocycles. The molecule has 1 aliphatic carbocycles. The minimum Gasteiger partial charge on any atom is -0.181 e. The molecular formula is C22H17N4+. The van der Waals surface area contributed by atoms with Gasteiger partial charge in [-0.25, -0.2) is 0 Å². The van der Waals surface area contributed by atoms with Crippen LogP contribution >= 0.6 is 0 Å². The number of hydrogen-bond donors (Lipinski definition) is 1. The van der Waals surface area contributed by atoms with Gasteiger partial charge in [0.1, 0.15) is 0 Å². The first-order chi connectivity index (χ1) is 12.9. The second kappa shape index (κ2) is 6.01. The Bertz CT molecular complexity index is 1050. The highest BCUT2D eigenvalue weighted by Crippen LogP contribution is 2.36. The summed E-state index contributed by atoms with van der Waals surface area (Å²) in [5.74, 6) is 0.876. The van der Waals surface area contributed by atoms with Crippen LogP contribution in [0.25, 0.3) is 11.6 Å². The summed E-state index contributed by atoms with van der Waals surface area (Å²) in [7, 11) is 0. The number of hydrogen-bond acceptors (Lipinski definition) is 3. The number of nitrogens with zero attached hydrogens (tertiary/aromatic N) is 3. The first-order valence-electron chi connectivity index (χ1n) is 8.60. The molecule has 0 fully saturated rings. The monoisotopic (exact) mass is 337 g/mol. The highest BCUT2D eigenvalue weighted by molar-refractivity contribution is 5.92. The maximum absolute atomic E-state index is 4.87. The van der Waals surface area contributed by atoms with E-state index in [-0.39, 0.29) is 0 Å². The summed E-state index contributed by atoms with van der Waals surface area (Å²) < 4.78 is 0. The van der Waals surface area contributed by atoms with Gasteiger partial charge in [-0.2, -0.15) is 5.01 Å². The third-order valence-electron chi connectivity index (χ3n) is 4.54. The summed E-state index contributed by atoms with van der Waals surface area (Å²) in [5, 5.41) is 6.90. The van der Waals surface area contributed by atoms with Crippen molar-refractivity contribution in [3.05, 3.63) is 108 Å². The Morgan fingerprint density at radius 2 is 1.42 bits per heavy atom. The lowest BCUT2D eigenvalue weighted by Crippen LogP contribution is -2.35. The van der Waals surface area contributed by atoms with Crippen molar-refractivity contribution in [3.8, 4) is 0 Å². The van der Waals surface area contributed by atoms with Gasteiger partial charge in [0.25, 0.3) is 5.69 Å². The van der Waals surface area contributed by atoms with E-state index in [1.807, 2.05) is 58.3 Å². The lowest BCUT2D eigenvalue weighted by Gasteiger charge is -2.15. The van der Waals surface area contributed by atoms with E-state index in [2.05, 4.69) is 54.1 Å². The first kappa shape index (κ1) is 14.7. The number of hydrazine groups is 2. The standard InChI is InChI=1S/C22H17N4/c1-3-10-18(11-4-1)25-22(21-16-15-17-9-7-8-14-20(17)21)23-26(24-25)19-12-5-2-6-13-19/h1-16H,(H,23,24)/q+1/b22-21+. The van der Waals surface area contributed by atoms with E-state index in [9.17, 15) is 0 Å². The molecule has 2 aliphatic rings. The van der Waals surface area contributed by atoms with Crippen LogP contribution in [0.2, 0.25) is 0 Å². The van der Waals surface area contributed by atoms with Crippen molar-refractivity contribution >= 4 is 23.0 Å². The van der Waals surface area contributed by atoms with Crippen molar-refractivity contribution in [2.45, 2.75) is 0 Å². The van der Waals surface area contributed by atoms with Gasteiger partial charge >= 0.3 is 0 Å².